The van der Waals surface area contributed by atoms with E-state index in [4.69, 9.17) is 4.74 Å². The Morgan fingerprint density at radius 1 is 1.35 bits per heavy atom. The molecule has 20 heavy (non-hydrogen) atoms. The lowest BCUT2D eigenvalue weighted by molar-refractivity contribution is -0.116. The monoisotopic (exact) mass is 276 g/mol. The molecule has 1 aliphatic rings. The van der Waals surface area contributed by atoms with Gasteiger partial charge in [-0.2, -0.15) is 0 Å². The number of anilines is 2. The number of amides is 1. The van der Waals surface area contributed by atoms with Crippen molar-refractivity contribution in [3.8, 4) is 0 Å². The van der Waals surface area contributed by atoms with Gasteiger partial charge in [0.1, 0.15) is 0 Å². The Morgan fingerprint density at radius 2 is 2.05 bits per heavy atom. The smallest absolute Gasteiger partial charge is 0.224 e. The fourth-order valence-corrected chi connectivity index (χ4v) is 2.51. The SMILES string of the molecule is CCCC(=O)Nc1ccc(N2CCOCC2(C)C)cc1. The van der Waals surface area contributed by atoms with Crippen LogP contribution in [0.2, 0.25) is 0 Å². The minimum Gasteiger partial charge on any atom is -0.377 e. The van der Waals surface area contributed by atoms with Crippen molar-refractivity contribution in [2.75, 3.05) is 30.0 Å². The Morgan fingerprint density at radius 3 is 2.65 bits per heavy atom. The maximum absolute atomic E-state index is 11.6. The lowest BCUT2D eigenvalue weighted by Crippen LogP contribution is -2.53. The van der Waals surface area contributed by atoms with E-state index in [1.54, 1.807) is 0 Å². The lowest BCUT2D eigenvalue weighted by Gasteiger charge is -2.43. The Hall–Kier alpha value is -1.55. The van der Waals surface area contributed by atoms with E-state index < -0.39 is 0 Å². The molecular formula is C16H24N2O2. The van der Waals surface area contributed by atoms with Gasteiger partial charge in [-0.05, 0) is 44.5 Å². The Kier molecular flexibility index (Phi) is 4.65. The van der Waals surface area contributed by atoms with E-state index in [9.17, 15) is 4.79 Å². The molecular weight excluding hydrogens is 252 g/mol. The molecule has 0 radical (unpaired) electrons. The molecule has 2 rings (SSSR count). The van der Waals surface area contributed by atoms with Crippen LogP contribution in [0.5, 0.6) is 0 Å². The van der Waals surface area contributed by atoms with E-state index in [2.05, 4.69) is 36.2 Å². The first-order valence-corrected chi connectivity index (χ1v) is 7.28. The molecule has 0 spiro atoms. The molecule has 1 aromatic rings. The fraction of sp³-hybridized carbons (Fsp3) is 0.562. The Balaban J connectivity index is 2.06. The maximum atomic E-state index is 11.6. The molecule has 0 saturated carbocycles. The normalized spacial score (nSPS) is 17.9. The molecule has 110 valence electrons. The molecule has 1 saturated heterocycles. The molecule has 0 bridgehead atoms. The van der Waals surface area contributed by atoms with Gasteiger partial charge < -0.3 is 15.0 Å². The largest absolute Gasteiger partial charge is 0.377 e. The topological polar surface area (TPSA) is 41.6 Å². The standard InChI is InChI=1S/C16H24N2O2/c1-4-5-15(19)17-13-6-8-14(9-7-13)18-10-11-20-12-16(18,2)3/h6-9H,4-5,10-12H2,1-3H3,(H,17,19). The second-order valence-corrected chi connectivity index (χ2v) is 5.86. The quantitative estimate of drug-likeness (QED) is 0.919. The third-order valence-corrected chi connectivity index (χ3v) is 3.59. The van der Waals surface area contributed by atoms with E-state index >= 15 is 0 Å². The lowest BCUT2D eigenvalue weighted by atomic mass is 10.0. The summed E-state index contributed by atoms with van der Waals surface area (Å²) in [6.07, 6.45) is 1.43. The number of hydrogen-bond donors (Lipinski definition) is 1. The molecule has 1 aromatic carbocycles. The van der Waals surface area contributed by atoms with Gasteiger partial charge in [0.2, 0.25) is 5.91 Å². The molecule has 0 aliphatic carbocycles. The van der Waals surface area contributed by atoms with Crippen LogP contribution in [-0.2, 0) is 9.53 Å². The first-order valence-electron chi connectivity index (χ1n) is 7.28. The summed E-state index contributed by atoms with van der Waals surface area (Å²) in [5.41, 5.74) is 2.04. The third kappa shape index (κ3) is 3.51. The van der Waals surface area contributed by atoms with Crippen LogP contribution in [0.25, 0.3) is 0 Å². The van der Waals surface area contributed by atoms with Gasteiger partial charge in [0.25, 0.3) is 0 Å². The molecule has 0 unspecified atom stereocenters. The van der Waals surface area contributed by atoms with E-state index in [1.807, 2.05) is 19.1 Å². The summed E-state index contributed by atoms with van der Waals surface area (Å²) < 4.78 is 5.54. The first-order chi connectivity index (χ1) is 9.53. The average Bonchev–Trinajstić information content (AvgIpc) is 2.40. The summed E-state index contributed by atoms with van der Waals surface area (Å²) in [7, 11) is 0. The first kappa shape index (κ1) is 14.9. The Labute approximate surface area is 121 Å². The van der Waals surface area contributed by atoms with E-state index in [0.29, 0.717) is 6.42 Å². The van der Waals surface area contributed by atoms with Crippen molar-refractivity contribution < 1.29 is 9.53 Å². The van der Waals surface area contributed by atoms with Crippen LogP contribution in [0.1, 0.15) is 33.6 Å². The van der Waals surface area contributed by atoms with Crippen molar-refractivity contribution in [1.29, 1.82) is 0 Å². The van der Waals surface area contributed by atoms with Crippen LogP contribution in [0, 0.1) is 0 Å². The number of carbonyl (C=O) groups excluding carboxylic acids is 1. The van der Waals surface area contributed by atoms with Crippen molar-refractivity contribution >= 4 is 17.3 Å². The zero-order valence-corrected chi connectivity index (χ0v) is 12.6. The van der Waals surface area contributed by atoms with Crippen molar-refractivity contribution in [3.05, 3.63) is 24.3 Å². The molecule has 1 aliphatic heterocycles. The van der Waals surface area contributed by atoms with Crippen LogP contribution in [0.3, 0.4) is 0 Å². The molecule has 1 fully saturated rings. The van der Waals surface area contributed by atoms with E-state index in [1.165, 1.54) is 5.69 Å². The molecule has 1 heterocycles. The molecule has 1 amide bonds. The molecule has 4 heteroatoms. The summed E-state index contributed by atoms with van der Waals surface area (Å²) in [5, 5.41) is 2.91. The highest BCUT2D eigenvalue weighted by atomic mass is 16.5. The van der Waals surface area contributed by atoms with Crippen LogP contribution < -0.4 is 10.2 Å². The Bertz CT molecular complexity index is 454. The van der Waals surface area contributed by atoms with Crippen molar-refractivity contribution in [2.24, 2.45) is 0 Å². The highest BCUT2D eigenvalue weighted by molar-refractivity contribution is 5.90. The summed E-state index contributed by atoms with van der Waals surface area (Å²) in [6, 6.07) is 8.06. The van der Waals surface area contributed by atoms with Crippen LogP contribution in [0.4, 0.5) is 11.4 Å². The second-order valence-electron chi connectivity index (χ2n) is 5.86. The highest BCUT2D eigenvalue weighted by Crippen LogP contribution is 2.27. The minimum absolute atomic E-state index is 0.00518. The summed E-state index contributed by atoms with van der Waals surface area (Å²) in [5.74, 6) is 0.0759. The average molecular weight is 276 g/mol. The number of rotatable bonds is 4. The predicted octanol–water partition coefficient (Wildman–Crippen LogP) is 3.04. The van der Waals surface area contributed by atoms with Crippen molar-refractivity contribution in [2.45, 2.75) is 39.2 Å². The van der Waals surface area contributed by atoms with Gasteiger partial charge in [0.15, 0.2) is 0 Å². The number of ether oxygens (including phenoxy) is 1. The predicted molar refractivity (Wildman–Crippen MR) is 82.2 cm³/mol. The zero-order chi connectivity index (χ0) is 14.6. The maximum Gasteiger partial charge on any atom is 0.224 e. The molecule has 0 aromatic heterocycles. The van der Waals surface area contributed by atoms with Crippen LogP contribution in [-0.4, -0.2) is 31.2 Å². The molecule has 0 atom stereocenters. The van der Waals surface area contributed by atoms with Gasteiger partial charge in [-0.15, -0.1) is 0 Å². The number of benzene rings is 1. The highest BCUT2D eigenvalue weighted by Gasteiger charge is 2.30. The number of carbonyl (C=O) groups is 1. The second kappa shape index (κ2) is 6.27. The minimum atomic E-state index is 0.00518. The third-order valence-electron chi connectivity index (χ3n) is 3.59. The number of morpholine rings is 1. The zero-order valence-electron chi connectivity index (χ0n) is 12.6. The molecule has 4 nitrogen and oxygen atoms in total. The number of nitrogens with one attached hydrogen (secondary N) is 1. The fourth-order valence-electron chi connectivity index (χ4n) is 2.51. The summed E-state index contributed by atoms with van der Waals surface area (Å²) >= 11 is 0. The van der Waals surface area contributed by atoms with Gasteiger partial charge in [-0.1, -0.05) is 6.92 Å². The van der Waals surface area contributed by atoms with Gasteiger partial charge in [0.05, 0.1) is 18.8 Å². The van der Waals surface area contributed by atoms with Crippen LogP contribution in [0.15, 0.2) is 24.3 Å². The summed E-state index contributed by atoms with van der Waals surface area (Å²) in [6.45, 7) is 8.77. The van der Waals surface area contributed by atoms with Gasteiger partial charge in [-0.3, -0.25) is 4.79 Å². The van der Waals surface area contributed by atoms with E-state index in [0.717, 1.165) is 31.9 Å². The number of nitrogens with zero attached hydrogens (tertiary/aromatic N) is 1. The van der Waals surface area contributed by atoms with Gasteiger partial charge in [0, 0.05) is 24.3 Å². The van der Waals surface area contributed by atoms with Crippen molar-refractivity contribution in [3.63, 3.8) is 0 Å². The number of hydrogen-bond acceptors (Lipinski definition) is 3. The van der Waals surface area contributed by atoms with Crippen LogP contribution >= 0.6 is 0 Å². The van der Waals surface area contributed by atoms with Gasteiger partial charge in [-0.25, -0.2) is 0 Å². The van der Waals surface area contributed by atoms with Crippen molar-refractivity contribution in [1.82, 2.24) is 0 Å². The summed E-state index contributed by atoms with van der Waals surface area (Å²) in [4.78, 5) is 13.9. The molecule has 1 N–H and O–H groups in total. The van der Waals surface area contributed by atoms with Gasteiger partial charge >= 0.3 is 0 Å². The van der Waals surface area contributed by atoms with E-state index in [-0.39, 0.29) is 11.4 Å².